The van der Waals surface area contributed by atoms with Gasteiger partial charge in [-0.15, -0.1) is 0 Å². The van der Waals surface area contributed by atoms with Gasteiger partial charge in [-0.3, -0.25) is 10.1 Å². The minimum Gasteiger partial charge on any atom is -0.467 e. The third kappa shape index (κ3) is 5.71. The smallest absolute Gasteiger partial charge is 0.234 e. The van der Waals surface area contributed by atoms with Crippen LogP contribution < -0.4 is 10.6 Å². The molecule has 156 valence electrons. The highest BCUT2D eigenvalue weighted by molar-refractivity contribution is 5.78. The number of amides is 1. The molecule has 4 rings (SSSR count). The summed E-state index contributed by atoms with van der Waals surface area (Å²) < 4.78 is 5.62. The number of hydrogen-bond donors (Lipinski definition) is 2. The molecule has 0 radical (unpaired) electrons. The Morgan fingerprint density at radius 2 is 1.35 bits per heavy atom. The maximum Gasteiger partial charge on any atom is 0.234 e. The number of carbonyl (C=O) groups excluding carboxylic acids is 1. The van der Waals surface area contributed by atoms with E-state index in [1.165, 1.54) is 5.56 Å². The summed E-state index contributed by atoms with van der Waals surface area (Å²) in [5.41, 5.74) is 3.32. The molecule has 4 heteroatoms. The molecule has 2 N–H and O–H groups in total. The van der Waals surface area contributed by atoms with E-state index >= 15 is 0 Å². The molecule has 0 saturated heterocycles. The van der Waals surface area contributed by atoms with Gasteiger partial charge in [0.2, 0.25) is 5.91 Å². The van der Waals surface area contributed by atoms with E-state index < -0.39 is 0 Å². The van der Waals surface area contributed by atoms with Crippen molar-refractivity contribution < 1.29 is 9.21 Å². The number of rotatable bonds is 9. The summed E-state index contributed by atoms with van der Waals surface area (Å²) in [4.78, 5) is 12.9. The first kappa shape index (κ1) is 20.6. The fourth-order valence-corrected chi connectivity index (χ4v) is 3.71. The normalized spacial score (nSPS) is 12.8. The molecule has 0 spiro atoms. The van der Waals surface area contributed by atoms with Gasteiger partial charge < -0.3 is 9.73 Å². The molecule has 4 aromatic rings. The van der Waals surface area contributed by atoms with Gasteiger partial charge in [-0.05, 0) is 35.2 Å². The largest absolute Gasteiger partial charge is 0.467 e. The molecule has 1 heterocycles. The summed E-state index contributed by atoms with van der Waals surface area (Å²) in [7, 11) is 0. The van der Waals surface area contributed by atoms with E-state index in [9.17, 15) is 4.79 Å². The average Bonchev–Trinajstić information content (AvgIpc) is 3.35. The Kier molecular flexibility index (Phi) is 6.93. The van der Waals surface area contributed by atoms with Crippen molar-refractivity contribution >= 4 is 5.91 Å². The van der Waals surface area contributed by atoms with Crippen molar-refractivity contribution in [2.45, 2.75) is 18.5 Å². The molecule has 3 aromatic carbocycles. The lowest BCUT2D eigenvalue weighted by molar-refractivity contribution is -0.121. The summed E-state index contributed by atoms with van der Waals surface area (Å²) in [6, 6.07) is 33.8. The number of furan rings is 1. The first-order valence-electron chi connectivity index (χ1n) is 10.5. The molecule has 31 heavy (non-hydrogen) atoms. The molecule has 4 nitrogen and oxygen atoms in total. The zero-order chi connectivity index (χ0) is 21.3. The molecule has 0 bridgehead atoms. The summed E-state index contributed by atoms with van der Waals surface area (Å²) in [6.07, 6.45) is 2.38. The third-order valence-corrected chi connectivity index (χ3v) is 5.25. The van der Waals surface area contributed by atoms with E-state index in [0.717, 1.165) is 23.3 Å². The predicted octanol–water partition coefficient (Wildman–Crippen LogP) is 5.06. The fourth-order valence-electron chi connectivity index (χ4n) is 3.71. The molecule has 0 fully saturated rings. The summed E-state index contributed by atoms with van der Waals surface area (Å²) >= 11 is 0. The van der Waals surface area contributed by atoms with Crippen molar-refractivity contribution in [1.29, 1.82) is 0 Å². The minimum atomic E-state index is -0.189. The van der Waals surface area contributed by atoms with Gasteiger partial charge in [-0.25, -0.2) is 0 Å². The van der Waals surface area contributed by atoms with Crippen molar-refractivity contribution in [3.8, 4) is 0 Å². The van der Waals surface area contributed by atoms with Crippen molar-refractivity contribution in [3.63, 3.8) is 0 Å². The van der Waals surface area contributed by atoms with E-state index in [1.54, 1.807) is 6.26 Å². The number of hydrogen-bond acceptors (Lipinski definition) is 3. The number of carbonyl (C=O) groups is 1. The highest BCUT2D eigenvalue weighted by atomic mass is 16.3. The Balaban J connectivity index is 1.45. The lowest BCUT2D eigenvalue weighted by Gasteiger charge is -2.21. The number of benzene rings is 3. The Labute approximate surface area is 182 Å². The lowest BCUT2D eigenvalue weighted by Crippen LogP contribution is -2.38. The monoisotopic (exact) mass is 410 g/mol. The van der Waals surface area contributed by atoms with E-state index in [0.29, 0.717) is 0 Å². The van der Waals surface area contributed by atoms with Crippen LogP contribution in [0.5, 0.6) is 0 Å². The van der Waals surface area contributed by atoms with Crippen LogP contribution in [-0.2, 0) is 11.2 Å². The molecule has 1 amide bonds. The first-order chi connectivity index (χ1) is 15.3. The zero-order valence-corrected chi connectivity index (χ0v) is 17.3. The van der Waals surface area contributed by atoms with Crippen molar-refractivity contribution in [2.75, 3.05) is 6.54 Å². The topological polar surface area (TPSA) is 54.3 Å². The molecule has 0 saturated carbocycles. The van der Waals surface area contributed by atoms with Gasteiger partial charge in [0, 0.05) is 0 Å². The van der Waals surface area contributed by atoms with Crippen molar-refractivity contribution in [1.82, 2.24) is 10.6 Å². The van der Waals surface area contributed by atoms with E-state index in [4.69, 9.17) is 4.42 Å². The molecule has 0 aliphatic rings. The molecule has 1 aromatic heterocycles. The second kappa shape index (κ2) is 10.4. The van der Waals surface area contributed by atoms with E-state index in [1.807, 2.05) is 78.9 Å². The molecule has 0 aliphatic carbocycles. The maximum atomic E-state index is 12.9. The van der Waals surface area contributed by atoms with Gasteiger partial charge in [0.05, 0.1) is 24.9 Å². The maximum absolute atomic E-state index is 12.9. The third-order valence-electron chi connectivity index (χ3n) is 5.25. The van der Waals surface area contributed by atoms with Crippen LogP contribution in [0.1, 0.15) is 34.5 Å². The van der Waals surface area contributed by atoms with Crippen molar-refractivity contribution in [2.24, 2.45) is 0 Å². The lowest BCUT2D eigenvalue weighted by atomic mass is 9.99. The summed E-state index contributed by atoms with van der Waals surface area (Å²) in [6.45, 7) is 0.179. The van der Waals surface area contributed by atoms with Gasteiger partial charge in [-0.1, -0.05) is 91.0 Å². The molecule has 0 aliphatic heterocycles. The standard InChI is InChI=1S/C27H26N2O2/c30-26(20-28-27(25-17-10-18-31-25)23-15-8-3-9-16-23)29-24(22-13-6-2-7-14-22)19-21-11-4-1-5-12-21/h1-18,24,27-28H,19-20H2,(H,29,30)/t24-,27-/m1/s1. The van der Waals surface area contributed by atoms with Crippen LogP contribution in [-0.4, -0.2) is 12.5 Å². The second-order valence-corrected chi connectivity index (χ2v) is 7.46. The fraction of sp³-hybridized carbons (Fsp3) is 0.148. The van der Waals surface area contributed by atoms with Crippen molar-refractivity contribution in [3.05, 3.63) is 132 Å². The summed E-state index contributed by atoms with van der Waals surface area (Å²) in [5.74, 6) is 0.722. The van der Waals surface area contributed by atoms with Gasteiger partial charge >= 0.3 is 0 Å². The van der Waals surface area contributed by atoms with Gasteiger partial charge in [0.15, 0.2) is 0 Å². The van der Waals surface area contributed by atoms with E-state index in [2.05, 4.69) is 34.9 Å². The SMILES string of the molecule is O=C(CN[C@H](c1ccccc1)c1ccco1)N[C@H](Cc1ccccc1)c1ccccc1. The molecular weight excluding hydrogens is 384 g/mol. The van der Waals surface area contributed by atoms with Gasteiger partial charge in [-0.2, -0.15) is 0 Å². The second-order valence-electron chi connectivity index (χ2n) is 7.46. The van der Waals surface area contributed by atoms with Crippen LogP contribution >= 0.6 is 0 Å². The molecule has 2 atom stereocenters. The Morgan fingerprint density at radius 3 is 1.97 bits per heavy atom. The highest BCUT2D eigenvalue weighted by Gasteiger charge is 2.19. The summed E-state index contributed by atoms with van der Waals surface area (Å²) in [5, 5.41) is 6.55. The van der Waals surface area contributed by atoms with Crippen LogP contribution in [0.25, 0.3) is 0 Å². The molecular formula is C27H26N2O2. The van der Waals surface area contributed by atoms with Gasteiger partial charge in [0.25, 0.3) is 0 Å². The first-order valence-corrected chi connectivity index (χ1v) is 10.5. The Bertz CT molecular complexity index is 1050. The van der Waals surface area contributed by atoms with Crippen LogP contribution in [0.4, 0.5) is 0 Å². The van der Waals surface area contributed by atoms with Crippen LogP contribution in [0.15, 0.2) is 114 Å². The zero-order valence-electron chi connectivity index (χ0n) is 17.3. The predicted molar refractivity (Wildman–Crippen MR) is 122 cm³/mol. The molecule has 0 unspecified atom stereocenters. The van der Waals surface area contributed by atoms with Crippen LogP contribution in [0.3, 0.4) is 0 Å². The van der Waals surface area contributed by atoms with Crippen LogP contribution in [0.2, 0.25) is 0 Å². The number of nitrogens with one attached hydrogen (secondary N) is 2. The Morgan fingerprint density at radius 1 is 0.742 bits per heavy atom. The quantitative estimate of drug-likeness (QED) is 0.406. The van der Waals surface area contributed by atoms with E-state index in [-0.39, 0.29) is 24.5 Å². The van der Waals surface area contributed by atoms with Gasteiger partial charge in [0.1, 0.15) is 5.76 Å². The van der Waals surface area contributed by atoms with Crippen LogP contribution in [0, 0.1) is 0 Å². The Hall–Kier alpha value is -3.63. The minimum absolute atomic E-state index is 0.0581. The average molecular weight is 411 g/mol. The highest BCUT2D eigenvalue weighted by Crippen LogP contribution is 2.22.